The molecule has 0 bridgehead atoms. The Labute approximate surface area is 134 Å². The normalized spacial score (nSPS) is 10.5. The van der Waals surface area contributed by atoms with E-state index in [2.05, 4.69) is 15.8 Å². The van der Waals surface area contributed by atoms with Crippen LogP contribution < -0.4 is 15.5 Å². The number of hydrogen-bond acceptors (Lipinski definition) is 3. The minimum absolute atomic E-state index is 0.261. The van der Waals surface area contributed by atoms with Crippen molar-refractivity contribution < 1.29 is 9.13 Å². The second-order valence-electron chi connectivity index (χ2n) is 4.40. The first-order chi connectivity index (χ1) is 10.7. The SMILES string of the molecule is CNC(=S)N/N=C\c1ccccc1OCc1ccc(F)cc1. The summed E-state index contributed by atoms with van der Waals surface area (Å²) >= 11 is 4.93. The molecule has 0 fully saturated rings. The Bertz CT molecular complexity index is 659. The minimum Gasteiger partial charge on any atom is -0.488 e. The van der Waals surface area contributed by atoms with Gasteiger partial charge in [0.05, 0.1) is 6.21 Å². The fraction of sp³-hybridized carbons (Fsp3) is 0.125. The summed E-state index contributed by atoms with van der Waals surface area (Å²) in [6, 6.07) is 13.7. The Morgan fingerprint density at radius 3 is 2.68 bits per heavy atom. The second-order valence-corrected chi connectivity index (χ2v) is 4.81. The van der Waals surface area contributed by atoms with Crippen LogP contribution in [0.15, 0.2) is 53.6 Å². The van der Waals surface area contributed by atoms with Crippen molar-refractivity contribution in [1.29, 1.82) is 0 Å². The summed E-state index contributed by atoms with van der Waals surface area (Å²) in [6.45, 7) is 0.355. The van der Waals surface area contributed by atoms with E-state index < -0.39 is 0 Å². The van der Waals surface area contributed by atoms with E-state index in [1.807, 2.05) is 24.3 Å². The van der Waals surface area contributed by atoms with Crippen molar-refractivity contribution in [1.82, 2.24) is 10.7 Å². The van der Waals surface area contributed by atoms with Gasteiger partial charge in [0.2, 0.25) is 0 Å². The lowest BCUT2D eigenvalue weighted by atomic mass is 10.2. The average Bonchev–Trinajstić information content (AvgIpc) is 2.55. The van der Waals surface area contributed by atoms with Gasteiger partial charge in [0.1, 0.15) is 18.2 Å². The third-order valence-electron chi connectivity index (χ3n) is 2.82. The lowest BCUT2D eigenvalue weighted by Gasteiger charge is -2.09. The van der Waals surface area contributed by atoms with Gasteiger partial charge in [-0.05, 0) is 42.0 Å². The van der Waals surface area contributed by atoms with E-state index in [1.165, 1.54) is 12.1 Å². The van der Waals surface area contributed by atoms with E-state index in [4.69, 9.17) is 17.0 Å². The monoisotopic (exact) mass is 317 g/mol. The van der Waals surface area contributed by atoms with Gasteiger partial charge in [-0.15, -0.1) is 0 Å². The summed E-state index contributed by atoms with van der Waals surface area (Å²) in [5.41, 5.74) is 4.39. The fourth-order valence-electron chi connectivity index (χ4n) is 1.68. The molecule has 2 aromatic carbocycles. The van der Waals surface area contributed by atoms with E-state index in [9.17, 15) is 4.39 Å². The topological polar surface area (TPSA) is 45.7 Å². The van der Waals surface area contributed by atoms with E-state index >= 15 is 0 Å². The van der Waals surface area contributed by atoms with Gasteiger partial charge in [0, 0.05) is 12.6 Å². The summed E-state index contributed by atoms with van der Waals surface area (Å²) in [6.07, 6.45) is 1.63. The molecule has 2 N–H and O–H groups in total. The van der Waals surface area contributed by atoms with E-state index in [0.29, 0.717) is 17.5 Å². The summed E-state index contributed by atoms with van der Waals surface area (Å²) in [7, 11) is 1.71. The molecule has 114 valence electrons. The third kappa shape index (κ3) is 4.82. The van der Waals surface area contributed by atoms with Crippen LogP contribution in [0.1, 0.15) is 11.1 Å². The lowest BCUT2D eigenvalue weighted by Crippen LogP contribution is -2.28. The molecule has 2 aromatic rings. The molecule has 6 heteroatoms. The smallest absolute Gasteiger partial charge is 0.186 e. The van der Waals surface area contributed by atoms with Crippen molar-refractivity contribution in [3.05, 3.63) is 65.5 Å². The van der Waals surface area contributed by atoms with E-state index in [1.54, 1.807) is 25.4 Å². The van der Waals surface area contributed by atoms with Crippen LogP contribution in [0, 0.1) is 5.82 Å². The van der Waals surface area contributed by atoms with Crippen LogP contribution in [-0.4, -0.2) is 18.4 Å². The van der Waals surface area contributed by atoms with Gasteiger partial charge in [-0.25, -0.2) is 4.39 Å². The maximum absolute atomic E-state index is 12.9. The molecule has 0 heterocycles. The molecule has 0 unspecified atom stereocenters. The van der Waals surface area contributed by atoms with Crippen molar-refractivity contribution in [3.63, 3.8) is 0 Å². The number of rotatable bonds is 5. The molecule has 0 amide bonds. The summed E-state index contributed by atoms with van der Waals surface area (Å²) in [4.78, 5) is 0. The fourth-order valence-corrected chi connectivity index (χ4v) is 1.73. The lowest BCUT2D eigenvalue weighted by molar-refractivity contribution is 0.305. The number of nitrogens with zero attached hydrogens (tertiary/aromatic N) is 1. The first-order valence-corrected chi connectivity index (χ1v) is 7.07. The average molecular weight is 317 g/mol. The largest absolute Gasteiger partial charge is 0.488 e. The standard InChI is InChI=1S/C16H16FN3OS/c1-18-16(22)20-19-10-13-4-2-3-5-15(13)21-11-12-6-8-14(17)9-7-12/h2-10H,11H2,1H3,(H2,18,20,22)/b19-10-. The molecule has 0 saturated carbocycles. The Balaban J connectivity index is 2.01. The maximum Gasteiger partial charge on any atom is 0.186 e. The zero-order valence-corrected chi connectivity index (χ0v) is 12.9. The number of halogens is 1. The second kappa shape index (κ2) is 8.09. The molecule has 4 nitrogen and oxygen atoms in total. The van der Waals surface area contributed by atoms with Crippen molar-refractivity contribution in [2.45, 2.75) is 6.61 Å². The predicted molar refractivity (Wildman–Crippen MR) is 89.6 cm³/mol. The molecule has 2 rings (SSSR count). The molecule has 0 aliphatic heterocycles. The quantitative estimate of drug-likeness (QED) is 0.506. The summed E-state index contributed by atoms with van der Waals surface area (Å²) in [5.74, 6) is 0.426. The molecule has 0 spiro atoms. The minimum atomic E-state index is -0.261. The summed E-state index contributed by atoms with van der Waals surface area (Å²) < 4.78 is 18.6. The molecular formula is C16H16FN3OS. The highest BCUT2D eigenvalue weighted by Crippen LogP contribution is 2.17. The van der Waals surface area contributed by atoms with Crippen molar-refractivity contribution in [2.75, 3.05) is 7.05 Å². The van der Waals surface area contributed by atoms with Gasteiger partial charge in [0.15, 0.2) is 5.11 Å². The van der Waals surface area contributed by atoms with Gasteiger partial charge < -0.3 is 10.1 Å². The zero-order chi connectivity index (χ0) is 15.8. The van der Waals surface area contributed by atoms with Crippen molar-refractivity contribution in [2.24, 2.45) is 5.10 Å². The predicted octanol–water partition coefficient (Wildman–Crippen LogP) is 2.83. The van der Waals surface area contributed by atoms with Crippen LogP contribution in [0.25, 0.3) is 0 Å². The van der Waals surface area contributed by atoms with Crippen LogP contribution in [0.4, 0.5) is 4.39 Å². The van der Waals surface area contributed by atoms with E-state index in [0.717, 1.165) is 11.1 Å². The number of hydrazone groups is 1. The van der Waals surface area contributed by atoms with Crippen molar-refractivity contribution in [3.8, 4) is 5.75 Å². The van der Waals surface area contributed by atoms with Gasteiger partial charge in [-0.3, -0.25) is 5.43 Å². The third-order valence-corrected chi connectivity index (χ3v) is 3.12. The van der Waals surface area contributed by atoms with Crippen LogP contribution >= 0.6 is 12.2 Å². The number of ether oxygens (including phenoxy) is 1. The van der Waals surface area contributed by atoms with Gasteiger partial charge >= 0.3 is 0 Å². The Kier molecular flexibility index (Phi) is 5.85. The highest BCUT2D eigenvalue weighted by molar-refractivity contribution is 7.80. The Hall–Kier alpha value is -2.47. The van der Waals surface area contributed by atoms with Crippen molar-refractivity contribution >= 4 is 23.5 Å². The first kappa shape index (κ1) is 15.9. The number of para-hydroxylation sites is 1. The molecule has 0 aliphatic carbocycles. The van der Waals surface area contributed by atoms with Crippen LogP contribution in [0.3, 0.4) is 0 Å². The highest BCUT2D eigenvalue weighted by Gasteiger charge is 2.02. The molecule has 22 heavy (non-hydrogen) atoms. The Morgan fingerprint density at radius 1 is 1.23 bits per heavy atom. The van der Waals surface area contributed by atoms with Gasteiger partial charge in [-0.2, -0.15) is 5.10 Å². The number of benzene rings is 2. The van der Waals surface area contributed by atoms with Gasteiger partial charge in [-0.1, -0.05) is 24.3 Å². The molecule has 0 radical (unpaired) electrons. The zero-order valence-electron chi connectivity index (χ0n) is 12.0. The number of thiocarbonyl (C=S) groups is 1. The highest BCUT2D eigenvalue weighted by atomic mass is 32.1. The first-order valence-electron chi connectivity index (χ1n) is 6.66. The van der Waals surface area contributed by atoms with Gasteiger partial charge in [0.25, 0.3) is 0 Å². The van der Waals surface area contributed by atoms with Crippen LogP contribution in [-0.2, 0) is 6.61 Å². The molecular weight excluding hydrogens is 301 g/mol. The molecule has 0 aromatic heterocycles. The summed E-state index contributed by atoms with van der Waals surface area (Å²) in [5, 5.41) is 7.22. The molecule has 0 saturated heterocycles. The Morgan fingerprint density at radius 2 is 1.95 bits per heavy atom. The number of hydrogen-bond donors (Lipinski definition) is 2. The van der Waals surface area contributed by atoms with E-state index in [-0.39, 0.29) is 5.82 Å². The maximum atomic E-state index is 12.9. The molecule has 0 aliphatic rings. The van der Waals surface area contributed by atoms with Crippen LogP contribution in [0.5, 0.6) is 5.75 Å². The van der Waals surface area contributed by atoms with Crippen LogP contribution in [0.2, 0.25) is 0 Å². The molecule has 0 atom stereocenters. The number of nitrogens with one attached hydrogen (secondary N) is 2.